The lowest BCUT2D eigenvalue weighted by atomic mass is 10.2. The molecule has 1 heterocycles. The number of nitrogens with zero attached hydrogens (tertiary/aromatic N) is 1. The quantitative estimate of drug-likeness (QED) is 0.667. The van der Waals surface area contributed by atoms with E-state index in [9.17, 15) is 4.79 Å². The summed E-state index contributed by atoms with van der Waals surface area (Å²) >= 11 is 6.95. The van der Waals surface area contributed by atoms with Crippen molar-refractivity contribution >= 4 is 33.2 Å². The first-order valence-corrected chi connectivity index (χ1v) is 5.22. The number of aryl methyl sites for hydroxylation is 1. The molecule has 0 aliphatic heterocycles. The molecule has 1 aromatic heterocycles. The summed E-state index contributed by atoms with van der Waals surface area (Å²) in [5.74, 6) is 0.492. The molecule has 13 heavy (non-hydrogen) atoms. The van der Waals surface area contributed by atoms with Gasteiger partial charge in [0, 0.05) is 12.9 Å². The fourth-order valence-electron chi connectivity index (χ4n) is 1.26. The Morgan fingerprint density at radius 1 is 1.54 bits per heavy atom. The number of alkyl halides is 1. The molecule has 2 rings (SSSR count). The van der Waals surface area contributed by atoms with Crippen LogP contribution in [0.1, 0.15) is 5.56 Å². The fourth-order valence-corrected chi connectivity index (χ4v) is 2.37. The van der Waals surface area contributed by atoms with Crippen LogP contribution in [0.15, 0.2) is 23.0 Å². The first-order chi connectivity index (χ1) is 6.22. The summed E-state index contributed by atoms with van der Waals surface area (Å²) in [6, 6.07) is 5.85. The van der Waals surface area contributed by atoms with Crippen molar-refractivity contribution in [1.82, 2.24) is 4.57 Å². The maximum absolute atomic E-state index is 11.3. The van der Waals surface area contributed by atoms with Crippen molar-refractivity contribution in [2.75, 3.05) is 0 Å². The normalized spacial score (nSPS) is 10.9. The van der Waals surface area contributed by atoms with E-state index in [1.165, 1.54) is 11.3 Å². The monoisotopic (exact) mass is 213 g/mol. The second kappa shape index (κ2) is 3.16. The summed E-state index contributed by atoms with van der Waals surface area (Å²) in [4.78, 5) is 11.4. The molecule has 2 aromatic rings. The molecule has 0 amide bonds. The Balaban J connectivity index is 2.80. The smallest absolute Gasteiger partial charge is 0.302 e. The van der Waals surface area contributed by atoms with Crippen molar-refractivity contribution < 1.29 is 0 Å². The van der Waals surface area contributed by atoms with Gasteiger partial charge in [-0.3, -0.25) is 4.79 Å². The molecule has 0 aliphatic carbocycles. The topological polar surface area (TPSA) is 22.0 Å². The van der Waals surface area contributed by atoms with Crippen molar-refractivity contribution in [1.29, 1.82) is 0 Å². The SMILES string of the molecule is Cn1c(=O)sc2cc(CCl)ccc21. The average molecular weight is 214 g/mol. The molecule has 0 saturated carbocycles. The minimum absolute atomic E-state index is 0.0710. The number of halogens is 1. The number of thiazole rings is 1. The molecule has 0 radical (unpaired) electrons. The third-order valence-electron chi connectivity index (χ3n) is 2.01. The molecule has 0 bridgehead atoms. The number of fused-ring (bicyclic) bond motifs is 1. The number of rotatable bonds is 1. The summed E-state index contributed by atoms with van der Waals surface area (Å²) in [7, 11) is 1.78. The van der Waals surface area contributed by atoms with Crippen molar-refractivity contribution in [2.24, 2.45) is 7.05 Å². The highest BCUT2D eigenvalue weighted by atomic mass is 35.5. The first kappa shape index (κ1) is 8.78. The minimum Gasteiger partial charge on any atom is -0.302 e. The van der Waals surface area contributed by atoms with Crippen LogP contribution < -0.4 is 4.87 Å². The third-order valence-corrected chi connectivity index (χ3v) is 3.31. The summed E-state index contributed by atoms with van der Waals surface area (Å²) in [6.45, 7) is 0. The van der Waals surface area contributed by atoms with Crippen LogP contribution in [0.5, 0.6) is 0 Å². The van der Waals surface area contributed by atoms with Crippen molar-refractivity contribution in [3.05, 3.63) is 33.4 Å². The van der Waals surface area contributed by atoms with Gasteiger partial charge < -0.3 is 4.57 Å². The van der Waals surface area contributed by atoms with E-state index in [-0.39, 0.29) is 4.87 Å². The molecule has 0 atom stereocenters. The Morgan fingerprint density at radius 3 is 3.00 bits per heavy atom. The van der Waals surface area contributed by atoms with E-state index in [1.807, 2.05) is 18.2 Å². The second-order valence-corrected chi connectivity index (χ2v) is 4.12. The van der Waals surface area contributed by atoms with Crippen LogP contribution in [0, 0.1) is 0 Å². The van der Waals surface area contributed by atoms with Gasteiger partial charge in [0.15, 0.2) is 0 Å². The fraction of sp³-hybridized carbons (Fsp3) is 0.222. The van der Waals surface area contributed by atoms with Gasteiger partial charge in [-0.05, 0) is 17.7 Å². The lowest BCUT2D eigenvalue weighted by Gasteiger charge is -1.95. The highest BCUT2D eigenvalue weighted by Gasteiger charge is 2.03. The molecule has 68 valence electrons. The van der Waals surface area contributed by atoms with Crippen LogP contribution in [0.3, 0.4) is 0 Å². The van der Waals surface area contributed by atoms with Gasteiger partial charge in [0.1, 0.15) is 0 Å². The molecule has 0 unspecified atom stereocenters. The summed E-state index contributed by atoms with van der Waals surface area (Å²) in [6.07, 6.45) is 0. The Bertz CT molecular complexity index is 500. The van der Waals surface area contributed by atoms with Crippen molar-refractivity contribution in [3.63, 3.8) is 0 Å². The van der Waals surface area contributed by atoms with Crippen molar-refractivity contribution in [3.8, 4) is 0 Å². The molecule has 1 aromatic carbocycles. The molecule has 4 heteroatoms. The molecule has 0 aliphatic rings. The van der Waals surface area contributed by atoms with Crippen LogP contribution in [0.25, 0.3) is 10.2 Å². The molecule has 2 nitrogen and oxygen atoms in total. The lowest BCUT2D eigenvalue weighted by Crippen LogP contribution is -2.06. The Hall–Kier alpha value is -0.800. The summed E-state index contributed by atoms with van der Waals surface area (Å²) < 4.78 is 2.66. The van der Waals surface area contributed by atoms with Gasteiger partial charge >= 0.3 is 4.87 Å². The first-order valence-electron chi connectivity index (χ1n) is 3.87. The van der Waals surface area contributed by atoms with Crippen LogP contribution in [-0.4, -0.2) is 4.57 Å². The number of aromatic nitrogens is 1. The molecular weight excluding hydrogens is 206 g/mol. The zero-order chi connectivity index (χ0) is 9.42. The van der Waals surface area contributed by atoms with Crippen LogP contribution in [0.2, 0.25) is 0 Å². The van der Waals surface area contributed by atoms with E-state index in [2.05, 4.69) is 0 Å². The lowest BCUT2D eigenvalue weighted by molar-refractivity contribution is 0.938. The predicted octanol–water partition coefficient (Wildman–Crippen LogP) is 2.34. The zero-order valence-corrected chi connectivity index (χ0v) is 8.65. The Kier molecular flexibility index (Phi) is 2.14. The van der Waals surface area contributed by atoms with E-state index in [4.69, 9.17) is 11.6 Å². The van der Waals surface area contributed by atoms with Gasteiger partial charge in [-0.2, -0.15) is 0 Å². The van der Waals surface area contributed by atoms with Gasteiger partial charge in [0.25, 0.3) is 0 Å². The van der Waals surface area contributed by atoms with Crippen LogP contribution >= 0.6 is 22.9 Å². The molecule has 0 N–H and O–H groups in total. The van der Waals surface area contributed by atoms with Crippen LogP contribution in [0.4, 0.5) is 0 Å². The molecular formula is C9H8ClNOS. The summed E-state index contributed by atoms with van der Waals surface area (Å²) in [5, 5.41) is 0. The maximum atomic E-state index is 11.3. The second-order valence-electron chi connectivity index (χ2n) is 2.86. The summed E-state index contributed by atoms with van der Waals surface area (Å²) in [5.41, 5.74) is 2.03. The van der Waals surface area contributed by atoms with Gasteiger partial charge in [0.05, 0.1) is 10.2 Å². The third kappa shape index (κ3) is 1.38. The zero-order valence-electron chi connectivity index (χ0n) is 7.08. The van der Waals surface area contributed by atoms with E-state index in [1.54, 1.807) is 11.6 Å². The molecule has 0 saturated heterocycles. The Morgan fingerprint density at radius 2 is 2.31 bits per heavy atom. The molecule has 0 spiro atoms. The van der Waals surface area contributed by atoms with Gasteiger partial charge in [0.2, 0.25) is 0 Å². The number of hydrogen-bond donors (Lipinski definition) is 0. The van der Waals surface area contributed by atoms with E-state index < -0.39 is 0 Å². The van der Waals surface area contributed by atoms with Gasteiger partial charge in [-0.25, -0.2) is 0 Å². The van der Waals surface area contributed by atoms with Crippen molar-refractivity contribution in [2.45, 2.75) is 5.88 Å². The number of hydrogen-bond acceptors (Lipinski definition) is 2. The largest absolute Gasteiger partial charge is 0.307 e. The number of benzene rings is 1. The standard InChI is InChI=1S/C9H8ClNOS/c1-11-7-3-2-6(5-10)4-8(7)13-9(11)12/h2-4H,5H2,1H3. The average Bonchev–Trinajstić information content (AvgIpc) is 2.42. The van der Waals surface area contributed by atoms with E-state index in [0.717, 1.165) is 15.8 Å². The maximum Gasteiger partial charge on any atom is 0.307 e. The molecule has 0 fully saturated rings. The highest BCUT2D eigenvalue weighted by molar-refractivity contribution is 7.16. The van der Waals surface area contributed by atoms with Gasteiger partial charge in [-0.1, -0.05) is 17.4 Å². The van der Waals surface area contributed by atoms with E-state index in [0.29, 0.717) is 5.88 Å². The van der Waals surface area contributed by atoms with Crippen LogP contribution in [-0.2, 0) is 12.9 Å². The Labute approximate surface area is 84.4 Å². The minimum atomic E-state index is 0.0710. The highest BCUT2D eigenvalue weighted by Crippen LogP contribution is 2.18. The van der Waals surface area contributed by atoms with Gasteiger partial charge in [-0.15, -0.1) is 11.6 Å². The predicted molar refractivity (Wildman–Crippen MR) is 56.6 cm³/mol. The van der Waals surface area contributed by atoms with E-state index >= 15 is 0 Å².